The maximum atomic E-state index is 4.58. The second-order valence-electron chi connectivity index (χ2n) is 5.61. The minimum Gasteiger partial charge on any atom is -0.308 e. The first-order valence-electron chi connectivity index (χ1n) is 7.41. The predicted molar refractivity (Wildman–Crippen MR) is 76.2 cm³/mol. The van der Waals surface area contributed by atoms with E-state index in [4.69, 9.17) is 0 Å². The Balaban J connectivity index is 1.57. The molecule has 1 aliphatic carbocycles. The van der Waals surface area contributed by atoms with Gasteiger partial charge in [-0.1, -0.05) is 12.1 Å². The van der Waals surface area contributed by atoms with E-state index < -0.39 is 0 Å². The standard InChI is InChI=1S/C14H22N6/c1-3-11(2)20-7-6-13(17-20)9-19-10-14(16-18-19)8-15-12-4-5-12/h6-7,10-12,15H,3-5,8-9H2,1-2H3. The van der Waals surface area contributed by atoms with Crippen LogP contribution in [0.5, 0.6) is 0 Å². The quantitative estimate of drug-likeness (QED) is 0.835. The summed E-state index contributed by atoms with van der Waals surface area (Å²) < 4.78 is 3.87. The number of aromatic nitrogens is 5. The highest BCUT2D eigenvalue weighted by Gasteiger charge is 2.20. The van der Waals surface area contributed by atoms with Crippen molar-refractivity contribution in [3.8, 4) is 0 Å². The van der Waals surface area contributed by atoms with Crippen molar-refractivity contribution < 1.29 is 0 Å². The second-order valence-corrected chi connectivity index (χ2v) is 5.61. The number of hydrogen-bond donors (Lipinski definition) is 1. The van der Waals surface area contributed by atoms with Crippen LogP contribution in [0.4, 0.5) is 0 Å². The fraction of sp³-hybridized carbons (Fsp3) is 0.643. The fourth-order valence-corrected chi connectivity index (χ4v) is 2.09. The highest BCUT2D eigenvalue weighted by atomic mass is 15.4. The van der Waals surface area contributed by atoms with Crippen molar-refractivity contribution in [1.29, 1.82) is 0 Å². The van der Waals surface area contributed by atoms with E-state index in [9.17, 15) is 0 Å². The molecule has 6 nitrogen and oxygen atoms in total. The molecule has 3 rings (SSSR count). The molecule has 1 fully saturated rings. The molecule has 1 unspecified atom stereocenters. The molecule has 0 spiro atoms. The van der Waals surface area contributed by atoms with Gasteiger partial charge in [0.2, 0.25) is 0 Å². The molecule has 1 saturated carbocycles. The molecule has 6 heteroatoms. The van der Waals surface area contributed by atoms with Crippen LogP contribution in [0, 0.1) is 0 Å². The third kappa shape index (κ3) is 3.25. The van der Waals surface area contributed by atoms with Gasteiger partial charge in [0.25, 0.3) is 0 Å². The SMILES string of the molecule is CCC(C)n1ccc(Cn2cc(CNC3CC3)nn2)n1. The molecule has 1 N–H and O–H groups in total. The maximum absolute atomic E-state index is 4.58. The minimum absolute atomic E-state index is 0.442. The molecule has 2 heterocycles. The summed E-state index contributed by atoms with van der Waals surface area (Å²) in [5, 5.41) is 16.4. The van der Waals surface area contributed by atoms with E-state index in [2.05, 4.69) is 40.6 Å². The zero-order valence-corrected chi connectivity index (χ0v) is 12.2. The molecule has 0 radical (unpaired) electrons. The molecular formula is C14H22N6. The summed E-state index contributed by atoms with van der Waals surface area (Å²) in [4.78, 5) is 0. The highest BCUT2D eigenvalue weighted by Crippen LogP contribution is 2.18. The fourth-order valence-electron chi connectivity index (χ4n) is 2.09. The summed E-state index contributed by atoms with van der Waals surface area (Å²) in [6.07, 6.45) is 7.71. The van der Waals surface area contributed by atoms with Crippen molar-refractivity contribution in [2.45, 2.75) is 58.3 Å². The average molecular weight is 274 g/mol. The van der Waals surface area contributed by atoms with Crippen LogP contribution in [-0.2, 0) is 13.1 Å². The van der Waals surface area contributed by atoms with Crippen molar-refractivity contribution in [2.24, 2.45) is 0 Å². The third-order valence-corrected chi connectivity index (χ3v) is 3.77. The van der Waals surface area contributed by atoms with E-state index in [0.717, 1.165) is 24.4 Å². The molecule has 0 amide bonds. The smallest absolute Gasteiger partial charge is 0.0965 e. The largest absolute Gasteiger partial charge is 0.308 e. The molecule has 108 valence electrons. The van der Waals surface area contributed by atoms with E-state index in [0.29, 0.717) is 18.6 Å². The van der Waals surface area contributed by atoms with Gasteiger partial charge in [-0.2, -0.15) is 5.10 Å². The third-order valence-electron chi connectivity index (χ3n) is 3.77. The molecule has 2 aromatic heterocycles. The summed E-state index contributed by atoms with van der Waals surface area (Å²) in [5.41, 5.74) is 2.02. The molecule has 0 aliphatic heterocycles. The molecule has 0 aromatic carbocycles. The van der Waals surface area contributed by atoms with Crippen LogP contribution in [0.3, 0.4) is 0 Å². The van der Waals surface area contributed by atoms with E-state index in [1.54, 1.807) is 0 Å². The van der Waals surface area contributed by atoms with Crippen molar-refractivity contribution in [2.75, 3.05) is 0 Å². The zero-order chi connectivity index (χ0) is 13.9. The van der Waals surface area contributed by atoms with Crippen molar-refractivity contribution in [3.63, 3.8) is 0 Å². The van der Waals surface area contributed by atoms with Crippen LogP contribution < -0.4 is 5.32 Å². The van der Waals surface area contributed by atoms with Gasteiger partial charge >= 0.3 is 0 Å². The molecular weight excluding hydrogens is 252 g/mol. The molecule has 2 aromatic rings. The Morgan fingerprint density at radius 2 is 2.25 bits per heavy atom. The van der Waals surface area contributed by atoms with Gasteiger partial charge < -0.3 is 5.32 Å². The lowest BCUT2D eigenvalue weighted by Gasteiger charge is -2.07. The lowest BCUT2D eigenvalue weighted by atomic mass is 10.3. The Kier molecular flexibility index (Phi) is 3.82. The van der Waals surface area contributed by atoms with Gasteiger partial charge in [-0.15, -0.1) is 5.10 Å². The Bertz CT molecular complexity index is 554. The number of hydrogen-bond acceptors (Lipinski definition) is 4. The zero-order valence-electron chi connectivity index (χ0n) is 12.2. The summed E-state index contributed by atoms with van der Waals surface area (Å²) in [6, 6.07) is 3.19. The molecule has 20 heavy (non-hydrogen) atoms. The topological polar surface area (TPSA) is 60.6 Å². The van der Waals surface area contributed by atoms with Crippen LogP contribution >= 0.6 is 0 Å². The van der Waals surface area contributed by atoms with Crippen molar-refractivity contribution >= 4 is 0 Å². The number of rotatable bonds is 7. The van der Waals surface area contributed by atoms with Crippen LogP contribution in [0.1, 0.15) is 50.5 Å². The van der Waals surface area contributed by atoms with Crippen LogP contribution in [0.25, 0.3) is 0 Å². The predicted octanol–water partition coefficient (Wildman–Crippen LogP) is 1.75. The van der Waals surface area contributed by atoms with Crippen LogP contribution in [0.2, 0.25) is 0 Å². The van der Waals surface area contributed by atoms with E-state index in [1.165, 1.54) is 12.8 Å². The molecule has 0 bridgehead atoms. The summed E-state index contributed by atoms with van der Waals surface area (Å²) >= 11 is 0. The number of nitrogens with zero attached hydrogens (tertiary/aromatic N) is 5. The summed E-state index contributed by atoms with van der Waals surface area (Å²) in [7, 11) is 0. The average Bonchev–Trinajstić information content (AvgIpc) is 2.99. The van der Waals surface area contributed by atoms with Crippen LogP contribution in [-0.4, -0.2) is 30.8 Å². The van der Waals surface area contributed by atoms with Gasteiger partial charge in [0.1, 0.15) is 0 Å². The lowest BCUT2D eigenvalue weighted by Crippen LogP contribution is -2.15. The van der Waals surface area contributed by atoms with Crippen molar-refractivity contribution in [1.82, 2.24) is 30.1 Å². The Labute approximate surface area is 119 Å². The van der Waals surface area contributed by atoms with E-state index in [-0.39, 0.29) is 0 Å². The molecule has 0 saturated heterocycles. The van der Waals surface area contributed by atoms with Gasteiger partial charge in [0.05, 0.1) is 24.1 Å². The number of nitrogens with one attached hydrogen (secondary N) is 1. The molecule has 1 aliphatic rings. The van der Waals surface area contributed by atoms with E-state index in [1.807, 2.05) is 21.8 Å². The Hall–Kier alpha value is -1.69. The van der Waals surface area contributed by atoms with Gasteiger partial charge in [-0.05, 0) is 32.3 Å². The van der Waals surface area contributed by atoms with Gasteiger partial charge in [0.15, 0.2) is 0 Å². The minimum atomic E-state index is 0.442. The lowest BCUT2D eigenvalue weighted by molar-refractivity contribution is 0.470. The van der Waals surface area contributed by atoms with Crippen molar-refractivity contribution in [3.05, 3.63) is 29.8 Å². The van der Waals surface area contributed by atoms with Crippen LogP contribution in [0.15, 0.2) is 18.5 Å². The van der Waals surface area contributed by atoms with Gasteiger partial charge in [0, 0.05) is 24.8 Å². The maximum Gasteiger partial charge on any atom is 0.0965 e. The monoisotopic (exact) mass is 274 g/mol. The Morgan fingerprint density at radius 1 is 1.40 bits per heavy atom. The molecule has 1 atom stereocenters. The summed E-state index contributed by atoms with van der Waals surface area (Å²) in [5.74, 6) is 0. The first kappa shape index (κ1) is 13.3. The normalized spacial score (nSPS) is 16.5. The van der Waals surface area contributed by atoms with Gasteiger partial charge in [-0.25, -0.2) is 4.68 Å². The first-order chi connectivity index (χ1) is 9.74. The first-order valence-corrected chi connectivity index (χ1v) is 7.41. The Morgan fingerprint density at radius 3 is 3.00 bits per heavy atom. The van der Waals surface area contributed by atoms with Gasteiger partial charge in [-0.3, -0.25) is 4.68 Å². The second kappa shape index (κ2) is 5.75. The highest BCUT2D eigenvalue weighted by molar-refractivity contribution is 5.02. The summed E-state index contributed by atoms with van der Waals surface area (Å²) in [6.45, 7) is 5.84. The van der Waals surface area contributed by atoms with E-state index >= 15 is 0 Å².